The van der Waals surface area contributed by atoms with Gasteiger partial charge in [-0.3, -0.25) is 9.59 Å². The number of nitrogens with zero attached hydrogens (tertiary/aromatic N) is 3. The fourth-order valence-electron chi connectivity index (χ4n) is 0.768. The average Bonchev–Trinajstić information content (AvgIpc) is 2.17. The molecule has 0 saturated heterocycles. The molecule has 1 amide bonds. The lowest BCUT2D eigenvalue weighted by Gasteiger charge is -2.06. The molecule has 0 aromatic heterocycles. The lowest BCUT2D eigenvalue weighted by atomic mass is 10.3. The van der Waals surface area contributed by atoms with Crippen LogP contribution in [0.2, 0.25) is 0 Å². The zero-order valence-electron chi connectivity index (χ0n) is 6.66. The first-order chi connectivity index (χ1) is 5.04. The Hall–Kier alpha value is -1.39. The number of carbonyl (C=O) groups excluding carboxylic acids is 2. The largest absolute Gasteiger partial charge is 0.358 e. The predicted molar refractivity (Wildman–Crippen MR) is 38.9 cm³/mol. The van der Waals surface area contributed by atoms with Crippen LogP contribution in [0.15, 0.2) is 5.10 Å². The number of amides is 1. The Balaban J connectivity index is 2.93. The minimum Gasteiger partial charge on any atom is -0.358 e. The second-order valence-corrected chi connectivity index (χ2v) is 2.48. The number of hydrazone groups is 1. The van der Waals surface area contributed by atoms with E-state index in [-0.39, 0.29) is 5.84 Å². The molecule has 11 heavy (non-hydrogen) atoms. The van der Waals surface area contributed by atoms with Crippen molar-refractivity contribution in [2.45, 2.75) is 0 Å². The molecule has 0 unspecified atom stereocenters. The van der Waals surface area contributed by atoms with Crippen molar-refractivity contribution in [1.29, 1.82) is 0 Å². The smallest absolute Gasteiger partial charge is 0.318 e. The molecule has 1 rings (SSSR count). The van der Waals surface area contributed by atoms with Crippen molar-refractivity contribution in [1.82, 2.24) is 9.91 Å². The van der Waals surface area contributed by atoms with Crippen molar-refractivity contribution < 1.29 is 9.59 Å². The lowest BCUT2D eigenvalue weighted by molar-refractivity contribution is -0.138. The number of hydrogen-bond donors (Lipinski definition) is 0. The minimum atomic E-state index is -0.575. The number of rotatable bonds is 0. The second kappa shape index (κ2) is 2.34. The molecule has 0 N–H and O–H groups in total. The normalized spacial score (nSPS) is 17.4. The molecule has 60 valence electrons. The molecule has 1 aliphatic rings. The van der Waals surface area contributed by atoms with E-state index in [0.29, 0.717) is 0 Å². The van der Waals surface area contributed by atoms with Crippen molar-refractivity contribution in [2.24, 2.45) is 5.10 Å². The molecule has 1 aliphatic heterocycles. The summed E-state index contributed by atoms with van der Waals surface area (Å²) in [5, 5.41) is 4.77. The number of amidine groups is 1. The van der Waals surface area contributed by atoms with Gasteiger partial charge in [-0.05, 0) is 0 Å². The van der Waals surface area contributed by atoms with Gasteiger partial charge in [0, 0.05) is 21.1 Å². The lowest BCUT2D eigenvalue weighted by Crippen LogP contribution is -2.31. The van der Waals surface area contributed by atoms with Crippen molar-refractivity contribution in [3.63, 3.8) is 0 Å². The van der Waals surface area contributed by atoms with E-state index in [1.807, 2.05) is 0 Å². The van der Waals surface area contributed by atoms with E-state index in [1.165, 1.54) is 11.9 Å². The molecule has 0 radical (unpaired) electrons. The molecule has 0 aromatic rings. The van der Waals surface area contributed by atoms with E-state index in [4.69, 9.17) is 0 Å². The van der Waals surface area contributed by atoms with E-state index in [2.05, 4.69) is 5.10 Å². The highest BCUT2D eigenvalue weighted by atomic mass is 16.2. The number of carbonyl (C=O) groups is 2. The maximum Gasteiger partial charge on any atom is 0.318 e. The van der Waals surface area contributed by atoms with E-state index in [9.17, 15) is 9.59 Å². The molecule has 1 heterocycles. The summed E-state index contributed by atoms with van der Waals surface area (Å²) in [6, 6.07) is 0. The number of likely N-dealkylation sites (N-methyl/N-ethyl adjacent to an activating group) is 2. The monoisotopic (exact) mass is 155 g/mol. The van der Waals surface area contributed by atoms with Gasteiger partial charge in [-0.1, -0.05) is 0 Å². The first-order valence-corrected chi connectivity index (χ1v) is 3.12. The molecule has 0 fully saturated rings. The molecular formula is C6H9N3O2. The molecule has 0 atom stereocenters. The van der Waals surface area contributed by atoms with Crippen molar-refractivity contribution >= 4 is 17.5 Å². The first kappa shape index (κ1) is 7.71. The highest BCUT2D eigenvalue weighted by Crippen LogP contribution is 2.02. The summed E-state index contributed by atoms with van der Waals surface area (Å²) in [5.41, 5.74) is 0. The highest BCUT2D eigenvalue weighted by Gasteiger charge is 2.32. The summed E-state index contributed by atoms with van der Waals surface area (Å²) in [7, 11) is 4.79. The SMILES string of the molecule is CN(C)C1=NN(C)C(=O)C1=O. The maximum absolute atomic E-state index is 11.0. The third-order valence-electron chi connectivity index (χ3n) is 1.36. The van der Waals surface area contributed by atoms with Gasteiger partial charge in [0.1, 0.15) is 0 Å². The fraction of sp³-hybridized carbons (Fsp3) is 0.500. The van der Waals surface area contributed by atoms with Gasteiger partial charge in [0.25, 0.3) is 5.78 Å². The van der Waals surface area contributed by atoms with Gasteiger partial charge >= 0.3 is 5.91 Å². The fourth-order valence-corrected chi connectivity index (χ4v) is 0.768. The zero-order valence-corrected chi connectivity index (χ0v) is 6.66. The summed E-state index contributed by atoms with van der Waals surface area (Å²) in [6.45, 7) is 0. The topological polar surface area (TPSA) is 53.0 Å². The zero-order chi connectivity index (χ0) is 8.59. The van der Waals surface area contributed by atoms with Crippen molar-refractivity contribution in [3.8, 4) is 0 Å². The quantitative estimate of drug-likeness (QED) is 0.417. The Labute approximate surface area is 64.3 Å². The first-order valence-electron chi connectivity index (χ1n) is 3.12. The number of ketones is 1. The Morgan fingerprint density at radius 3 is 2.09 bits per heavy atom. The van der Waals surface area contributed by atoms with Crippen LogP contribution >= 0.6 is 0 Å². The molecule has 0 bridgehead atoms. The molecule has 0 saturated carbocycles. The van der Waals surface area contributed by atoms with Crippen LogP contribution in [-0.4, -0.2) is 48.6 Å². The van der Waals surface area contributed by atoms with E-state index in [0.717, 1.165) is 5.01 Å². The van der Waals surface area contributed by atoms with E-state index < -0.39 is 11.7 Å². The maximum atomic E-state index is 11.0. The third kappa shape index (κ3) is 1.09. The van der Waals surface area contributed by atoms with Crippen LogP contribution in [0.1, 0.15) is 0 Å². The molecule has 0 aromatic carbocycles. The van der Waals surface area contributed by atoms with Crippen molar-refractivity contribution in [3.05, 3.63) is 0 Å². The van der Waals surface area contributed by atoms with E-state index >= 15 is 0 Å². The van der Waals surface area contributed by atoms with Gasteiger partial charge in [-0.2, -0.15) is 0 Å². The molecular weight excluding hydrogens is 146 g/mol. The Bertz CT molecular complexity index is 244. The van der Waals surface area contributed by atoms with E-state index in [1.54, 1.807) is 14.1 Å². The van der Waals surface area contributed by atoms with Gasteiger partial charge < -0.3 is 4.90 Å². The van der Waals surface area contributed by atoms with Crippen LogP contribution in [0.3, 0.4) is 0 Å². The summed E-state index contributed by atoms with van der Waals surface area (Å²) >= 11 is 0. The van der Waals surface area contributed by atoms with Gasteiger partial charge in [-0.25, -0.2) is 5.01 Å². The van der Waals surface area contributed by atoms with Crippen molar-refractivity contribution in [2.75, 3.05) is 21.1 Å². The van der Waals surface area contributed by atoms with Crippen LogP contribution in [0.25, 0.3) is 0 Å². The van der Waals surface area contributed by atoms with Gasteiger partial charge in [0.05, 0.1) is 0 Å². The Kier molecular flexibility index (Phi) is 1.64. The Morgan fingerprint density at radius 1 is 1.36 bits per heavy atom. The second-order valence-electron chi connectivity index (χ2n) is 2.48. The van der Waals surface area contributed by atoms with Crippen LogP contribution in [0.5, 0.6) is 0 Å². The summed E-state index contributed by atoms with van der Waals surface area (Å²) in [5.74, 6) is -0.927. The highest BCUT2D eigenvalue weighted by molar-refractivity contribution is 6.65. The standard InChI is InChI=1S/C6H9N3O2/c1-8(2)5-4(10)6(11)9(3)7-5/h1-3H3. The minimum absolute atomic E-state index is 0.192. The van der Waals surface area contributed by atoms with Crippen LogP contribution < -0.4 is 0 Å². The number of hydrogen-bond acceptors (Lipinski definition) is 4. The predicted octanol–water partition coefficient (Wildman–Crippen LogP) is -1.10. The summed E-state index contributed by atoms with van der Waals surface area (Å²) in [4.78, 5) is 23.4. The molecule has 5 nitrogen and oxygen atoms in total. The number of Topliss-reactive ketones (excluding diaryl/α,β-unsaturated/α-hetero) is 1. The summed E-state index contributed by atoms with van der Waals surface area (Å²) < 4.78 is 0. The van der Waals surface area contributed by atoms with Crippen LogP contribution in [0, 0.1) is 0 Å². The Morgan fingerprint density at radius 2 is 1.91 bits per heavy atom. The molecule has 0 aliphatic carbocycles. The van der Waals surface area contributed by atoms with Crippen LogP contribution in [-0.2, 0) is 9.59 Å². The summed E-state index contributed by atoms with van der Waals surface area (Å²) in [6.07, 6.45) is 0. The van der Waals surface area contributed by atoms with Crippen LogP contribution in [0.4, 0.5) is 0 Å². The molecule has 5 heteroatoms. The van der Waals surface area contributed by atoms with Gasteiger partial charge in [0.15, 0.2) is 0 Å². The molecule has 0 spiro atoms. The van der Waals surface area contributed by atoms with Gasteiger partial charge in [0.2, 0.25) is 5.84 Å². The van der Waals surface area contributed by atoms with Gasteiger partial charge in [-0.15, -0.1) is 5.10 Å². The third-order valence-corrected chi connectivity index (χ3v) is 1.36. The average molecular weight is 155 g/mol.